The van der Waals surface area contributed by atoms with E-state index >= 15 is 0 Å². The Morgan fingerprint density at radius 1 is 0.324 bits per heavy atom. The van der Waals surface area contributed by atoms with Crippen LogP contribution in [-0.2, 0) is 28.6 Å². The number of hydrogen-bond donors (Lipinski definition) is 0. The van der Waals surface area contributed by atoms with Crippen molar-refractivity contribution in [2.45, 2.75) is 264 Å². The third-order valence-corrected chi connectivity index (χ3v) is 11.9. The first-order valence-corrected chi connectivity index (χ1v) is 28.3. The van der Waals surface area contributed by atoms with E-state index in [9.17, 15) is 14.4 Å². The Kier molecular flexibility index (Phi) is 52.9. The van der Waals surface area contributed by atoms with Gasteiger partial charge in [-0.05, 0) is 96.3 Å². The molecule has 0 heterocycles. The van der Waals surface area contributed by atoms with Crippen molar-refractivity contribution in [1.82, 2.24) is 0 Å². The molecule has 1 unspecified atom stereocenters. The molecule has 0 saturated carbocycles. The predicted octanol–water partition coefficient (Wildman–Crippen LogP) is 18.9. The second-order valence-electron chi connectivity index (χ2n) is 18.5. The number of unbranched alkanes of at least 4 members (excludes halogenated alkanes) is 26. The molecule has 0 fully saturated rings. The molecule has 0 aliphatic heterocycles. The average molecular weight is 946 g/mol. The lowest BCUT2D eigenvalue weighted by Crippen LogP contribution is -2.30. The summed E-state index contributed by atoms with van der Waals surface area (Å²) >= 11 is 0. The zero-order valence-electron chi connectivity index (χ0n) is 44.3. The lowest BCUT2D eigenvalue weighted by Gasteiger charge is -2.18. The van der Waals surface area contributed by atoms with E-state index in [0.29, 0.717) is 19.3 Å². The highest BCUT2D eigenvalue weighted by Crippen LogP contribution is 2.15. The predicted molar refractivity (Wildman–Crippen MR) is 293 cm³/mol. The van der Waals surface area contributed by atoms with Gasteiger partial charge in [0.15, 0.2) is 6.10 Å². The van der Waals surface area contributed by atoms with E-state index in [1.165, 1.54) is 103 Å². The van der Waals surface area contributed by atoms with E-state index in [1.807, 2.05) is 18.2 Å². The van der Waals surface area contributed by atoms with Crippen molar-refractivity contribution in [2.75, 3.05) is 13.2 Å². The molecule has 0 aromatic rings. The first-order chi connectivity index (χ1) is 33.5. The van der Waals surface area contributed by atoms with Gasteiger partial charge in [0.2, 0.25) is 0 Å². The number of carbonyl (C=O) groups excluding carboxylic acids is 3. The van der Waals surface area contributed by atoms with Gasteiger partial charge >= 0.3 is 17.9 Å². The monoisotopic (exact) mass is 945 g/mol. The van der Waals surface area contributed by atoms with Gasteiger partial charge in [-0.1, -0.05) is 240 Å². The Hall–Kier alpha value is -3.67. The van der Waals surface area contributed by atoms with Gasteiger partial charge in [-0.2, -0.15) is 0 Å². The van der Waals surface area contributed by atoms with Crippen molar-refractivity contribution in [3.8, 4) is 0 Å². The molecule has 0 spiro atoms. The SMILES string of the molecule is CC\C=C/C=C\C=C/C=C\CCCCCCCC(=O)OCC(COC(=O)CCCCCCCCC/C=C\CCCCCCCCCC)OC(=O)CCCCCCCC/C=C\C/C=C\C/C=C\CC. The number of allylic oxidation sites excluding steroid dienone is 16. The summed E-state index contributed by atoms with van der Waals surface area (Å²) in [7, 11) is 0. The van der Waals surface area contributed by atoms with Crippen molar-refractivity contribution in [3.05, 3.63) is 97.2 Å². The summed E-state index contributed by atoms with van der Waals surface area (Å²) in [5.41, 5.74) is 0. The zero-order chi connectivity index (χ0) is 49.3. The lowest BCUT2D eigenvalue weighted by atomic mass is 10.1. The van der Waals surface area contributed by atoms with Crippen LogP contribution in [0.4, 0.5) is 0 Å². The molecule has 0 amide bonds. The zero-order valence-corrected chi connectivity index (χ0v) is 44.3. The highest BCUT2D eigenvalue weighted by molar-refractivity contribution is 5.71. The topological polar surface area (TPSA) is 78.9 Å². The van der Waals surface area contributed by atoms with Gasteiger partial charge in [-0.3, -0.25) is 14.4 Å². The Morgan fingerprint density at radius 2 is 0.647 bits per heavy atom. The van der Waals surface area contributed by atoms with Crippen LogP contribution < -0.4 is 0 Å². The van der Waals surface area contributed by atoms with Gasteiger partial charge in [0.25, 0.3) is 0 Å². The van der Waals surface area contributed by atoms with Crippen LogP contribution in [-0.4, -0.2) is 37.2 Å². The molecular formula is C62H104O6. The molecule has 388 valence electrons. The number of hydrogen-bond acceptors (Lipinski definition) is 6. The maximum atomic E-state index is 12.8. The molecule has 0 radical (unpaired) electrons. The van der Waals surface area contributed by atoms with E-state index < -0.39 is 6.10 Å². The average Bonchev–Trinajstić information content (AvgIpc) is 3.34. The second-order valence-corrected chi connectivity index (χ2v) is 18.5. The van der Waals surface area contributed by atoms with Crippen LogP contribution in [0.25, 0.3) is 0 Å². The smallest absolute Gasteiger partial charge is 0.306 e. The molecule has 0 bridgehead atoms. The Bertz CT molecular complexity index is 1360. The highest BCUT2D eigenvalue weighted by Gasteiger charge is 2.19. The lowest BCUT2D eigenvalue weighted by molar-refractivity contribution is -0.167. The summed E-state index contributed by atoms with van der Waals surface area (Å²) < 4.78 is 16.8. The summed E-state index contributed by atoms with van der Waals surface area (Å²) in [6.07, 6.45) is 73.9. The quantitative estimate of drug-likeness (QED) is 0.0199. The van der Waals surface area contributed by atoms with Gasteiger partial charge in [-0.25, -0.2) is 0 Å². The second kappa shape index (κ2) is 55.9. The van der Waals surface area contributed by atoms with E-state index in [2.05, 4.69) is 99.8 Å². The fourth-order valence-electron chi connectivity index (χ4n) is 7.70. The highest BCUT2D eigenvalue weighted by atomic mass is 16.6. The van der Waals surface area contributed by atoms with Crippen LogP contribution in [0, 0.1) is 0 Å². The molecular weight excluding hydrogens is 841 g/mol. The maximum absolute atomic E-state index is 12.8. The summed E-state index contributed by atoms with van der Waals surface area (Å²) in [4.78, 5) is 38.1. The van der Waals surface area contributed by atoms with Crippen molar-refractivity contribution < 1.29 is 28.6 Å². The van der Waals surface area contributed by atoms with E-state index in [-0.39, 0.29) is 31.1 Å². The first kappa shape index (κ1) is 64.3. The van der Waals surface area contributed by atoms with Crippen molar-refractivity contribution >= 4 is 17.9 Å². The van der Waals surface area contributed by atoms with E-state index in [1.54, 1.807) is 0 Å². The molecule has 0 rings (SSSR count). The fourth-order valence-corrected chi connectivity index (χ4v) is 7.70. The van der Waals surface area contributed by atoms with Crippen LogP contribution >= 0.6 is 0 Å². The van der Waals surface area contributed by atoms with Crippen LogP contribution in [0.1, 0.15) is 258 Å². The molecule has 0 aliphatic carbocycles. The van der Waals surface area contributed by atoms with Gasteiger partial charge in [0, 0.05) is 19.3 Å². The molecule has 6 nitrogen and oxygen atoms in total. The van der Waals surface area contributed by atoms with Crippen molar-refractivity contribution in [1.29, 1.82) is 0 Å². The van der Waals surface area contributed by atoms with Crippen molar-refractivity contribution in [2.24, 2.45) is 0 Å². The van der Waals surface area contributed by atoms with Crippen LogP contribution in [0.3, 0.4) is 0 Å². The fraction of sp³-hybridized carbons (Fsp3) is 0.694. The Morgan fingerprint density at radius 3 is 1.09 bits per heavy atom. The van der Waals surface area contributed by atoms with Crippen LogP contribution in [0.2, 0.25) is 0 Å². The van der Waals surface area contributed by atoms with E-state index in [0.717, 1.165) is 116 Å². The van der Waals surface area contributed by atoms with Gasteiger partial charge in [0.05, 0.1) is 0 Å². The van der Waals surface area contributed by atoms with Crippen LogP contribution in [0.15, 0.2) is 97.2 Å². The standard InChI is InChI=1S/C62H104O6/c1-4-7-10-13-16-19-22-25-28-30-31-32-35-37-40-43-46-49-52-55-61(64)67-58-59(57-66-60(63)54-51-48-45-42-39-36-33-27-24-21-18-15-12-9-6-3)68-62(65)56-53-50-47-44-41-38-34-29-26-23-20-17-14-11-8-5-2/h8-9,11-12,15,17-18,20-21,24,26-27,29-31,33,59H,4-7,10,13-14,16,19,22-23,25,28,32,34-58H2,1-3H3/b11-8-,12-9-,18-15-,20-17-,24-21-,29-26-,31-30-,33-27-. The summed E-state index contributed by atoms with van der Waals surface area (Å²) in [6, 6.07) is 0. The molecule has 0 aromatic heterocycles. The third kappa shape index (κ3) is 53.3. The summed E-state index contributed by atoms with van der Waals surface area (Å²) in [5, 5.41) is 0. The minimum atomic E-state index is -0.798. The van der Waals surface area contributed by atoms with Gasteiger partial charge in [0.1, 0.15) is 13.2 Å². The Labute approximate surface area is 419 Å². The van der Waals surface area contributed by atoms with Gasteiger partial charge < -0.3 is 14.2 Å². The minimum absolute atomic E-state index is 0.0936. The molecule has 0 aromatic carbocycles. The first-order valence-electron chi connectivity index (χ1n) is 28.3. The minimum Gasteiger partial charge on any atom is -0.462 e. The Balaban J connectivity index is 4.43. The third-order valence-electron chi connectivity index (χ3n) is 11.9. The number of esters is 3. The van der Waals surface area contributed by atoms with E-state index in [4.69, 9.17) is 14.2 Å². The molecule has 68 heavy (non-hydrogen) atoms. The molecule has 1 atom stereocenters. The van der Waals surface area contributed by atoms with Crippen molar-refractivity contribution in [3.63, 3.8) is 0 Å². The largest absolute Gasteiger partial charge is 0.462 e. The maximum Gasteiger partial charge on any atom is 0.306 e. The number of ether oxygens (including phenoxy) is 3. The molecule has 0 N–H and O–H groups in total. The van der Waals surface area contributed by atoms with Crippen LogP contribution in [0.5, 0.6) is 0 Å². The number of carbonyl (C=O) groups is 3. The molecule has 6 heteroatoms. The number of rotatable bonds is 50. The summed E-state index contributed by atoms with van der Waals surface area (Å²) in [5.74, 6) is -0.932. The molecule has 0 aliphatic rings. The molecule has 0 saturated heterocycles. The van der Waals surface area contributed by atoms with Gasteiger partial charge in [-0.15, -0.1) is 0 Å². The normalized spacial score (nSPS) is 12.8. The summed E-state index contributed by atoms with van der Waals surface area (Å²) in [6.45, 7) is 6.36.